The van der Waals surface area contributed by atoms with E-state index in [9.17, 15) is 9.59 Å². The third-order valence-electron chi connectivity index (χ3n) is 4.50. The molecular formula is C21H22N4O2. The Balaban J connectivity index is 1.62. The predicted molar refractivity (Wildman–Crippen MR) is 104 cm³/mol. The van der Waals surface area contributed by atoms with Crippen LogP contribution in [0.3, 0.4) is 0 Å². The number of nitrogens with zero attached hydrogens (tertiary/aromatic N) is 2. The van der Waals surface area contributed by atoms with Crippen molar-refractivity contribution < 1.29 is 9.59 Å². The number of hydrogen-bond acceptors (Lipinski definition) is 3. The maximum absolute atomic E-state index is 12.2. The molecule has 6 heteroatoms. The minimum absolute atomic E-state index is 0.0850. The second-order valence-electron chi connectivity index (χ2n) is 6.44. The summed E-state index contributed by atoms with van der Waals surface area (Å²) in [7, 11) is 0. The number of benzene rings is 2. The van der Waals surface area contributed by atoms with Crippen LogP contribution in [0.25, 0.3) is 0 Å². The van der Waals surface area contributed by atoms with Gasteiger partial charge >= 0.3 is 6.03 Å². The second-order valence-corrected chi connectivity index (χ2v) is 6.44. The van der Waals surface area contributed by atoms with Crippen LogP contribution in [-0.2, 0) is 17.8 Å². The molecule has 0 unspecified atom stereocenters. The molecule has 6 nitrogen and oxygen atoms in total. The molecule has 2 aromatic carbocycles. The van der Waals surface area contributed by atoms with Crippen molar-refractivity contribution >= 4 is 23.3 Å². The number of aryl methyl sites for hydroxylation is 1. The number of carbonyl (C=O) groups is 2. The molecule has 1 aliphatic rings. The van der Waals surface area contributed by atoms with Crippen LogP contribution in [-0.4, -0.2) is 18.5 Å². The smallest absolute Gasteiger partial charge is 0.319 e. The normalized spacial score (nSPS) is 12.9. The zero-order valence-corrected chi connectivity index (χ0v) is 15.1. The second kappa shape index (κ2) is 8.86. The van der Waals surface area contributed by atoms with Crippen molar-refractivity contribution in [3.05, 3.63) is 59.7 Å². The Morgan fingerprint density at radius 2 is 1.96 bits per heavy atom. The highest BCUT2D eigenvalue weighted by molar-refractivity contribution is 5.97. The van der Waals surface area contributed by atoms with E-state index >= 15 is 0 Å². The van der Waals surface area contributed by atoms with Crippen molar-refractivity contribution in [1.82, 2.24) is 5.32 Å². The minimum Gasteiger partial charge on any atom is -0.334 e. The Bertz CT molecular complexity index is 858. The highest BCUT2D eigenvalue weighted by Gasteiger charge is 2.24. The van der Waals surface area contributed by atoms with Crippen LogP contribution in [0.5, 0.6) is 0 Å². The van der Waals surface area contributed by atoms with Crippen molar-refractivity contribution in [3.8, 4) is 6.07 Å². The summed E-state index contributed by atoms with van der Waals surface area (Å²) < 4.78 is 0. The summed E-state index contributed by atoms with van der Waals surface area (Å²) in [6.07, 6.45) is 2.19. The topological polar surface area (TPSA) is 85.2 Å². The van der Waals surface area contributed by atoms with Gasteiger partial charge in [0.2, 0.25) is 5.91 Å². The lowest BCUT2D eigenvalue weighted by Gasteiger charge is -2.29. The number of unbranched alkanes of at least 4 members (excludes halogenated alkanes) is 1. The van der Waals surface area contributed by atoms with E-state index in [1.807, 2.05) is 42.5 Å². The summed E-state index contributed by atoms with van der Waals surface area (Å²) in [4.78, 5) is 26.1. The number of amides is 3. The summed E-state index contributed by atoms with van der Waals surface area (Å²) in [5.41, 5.74) is 3.64. The van der Waals surface area contributed by atoms with Gasteiger partial charge in [-0.15, -0.1) is 0 Å². The van der Waals surface area contributed by atoms with E-state index in [-0.39, 0.29) is 11.9 Å². The molecule has 138 valence electrons. The Hall–Kier alpha value is -3.33. The van der Waals surface area contributed by atoms with Crippen molar-refractivity contribution in [1.29, 1.82) is 5.26 Å². The molecule has 0 radical (unpaired) electrons. The van der Waals surface area contributed by atoms with Gasteiger partial charge in [0, 0.05) is 37.3 Å². The fourth-order valence-electron chi connectivity index (χ4n) is 3.15. The molecule has 0 bridgehead atoms. The van der Waals surface area contributed by atoms with E-state index in [0.29, 0.717) is 44.5 Å². The molecule has 1 aliphatic heterocycles. The summed E-state index contributed by atoms with van der Waals surface area (Å²) in [5.74, 6) is 0.0850. The summed E-state index contributed by atoms with van der Waals surface area (Å²) in [6, 6.07) is 17.1. The van der Waals surface area contributed by atoms with Gasteiger partial charge in [-0.25, -0.2) is 4.79 Å². The van der Waals surface area contributed by atoms with Crippen molar-refractivity contribution in [3.63, 3.8) is 0 Å². The molecule has 0 fully saturated rings. The number of rotatable bonds is 6. The Kier molecular flexibility index (Phi) is 6.06. The highest BCUT2D eigenvalue weighted by atomic mass is 16.2. The number of anilines is 2. The number of hydrogen-bond donors (Lipinski definition) is 2. The molecule has 2 aromatic rings. The van der Waals surface area contributed by atoms with Gasteiger partial charge in [0.15, 0.2) is 0 Å². The van der Waals surface area contributed by atoms with Crippen LogP contribution >= 0.6 is 0 Å². The fourth-order valence-corrected chi connectivity index (χ4v) is 3.15. The van der Waals surface area contributed by atoms with Crippen LogP contribution in [0.2, 0.25) is 0 Å². The lowest BCUT2D eigenvalue weighted by atomic mass is 10.00. The number of carbonyl (C=O) groups excluding carboxylic acids is 2. The zero-order valence-electron chi connectivity index (χ0n) is 15.1. The molecule has 1 heterocycles. The molecular weight excluding hydrogens is 340 g/mol. The molecule has 0 aliphatic carbocycles. The van der Waals surface area contributed by atoms with Crippen molar-refractivity contribution in [2.24, 2.45) is 0 Å². The largest absolute Gasteiger partial charge is 0.334 e. The van der Waals surface area contributed by atoms with Gasteiger partial charge in [0.1, 0.15) is 0 Å². The molecule has 3 amide bonds. The van der Waals surface area contributed by atoms with Gasteiger partial charge in [-0.3, -0.25) is 4.79 Å². The van der Waals surface area contributed by atoms with Gasteiger partial charge in [0.25, 0.3) is 0 Å². The fraction of sp³-hybridized carbons (Fsp3) is 0.286. The predicted octanol–water partition coefficient (Wildman–Crippen LogP) is 3.59. The van der Waals surface area contributed by atoms with Crippen LogP contribution in [0.15, 0.2) is 48.5 Å². The molecule has 0 spiro atoms. The lowest BCUT2D eigenvalue weighted by Crippen LogP contribution is -2.36. The number of fused-ring (bicyclic) bond motifs is 1. The molecule has 0 aromatic heterocycles. The summed E-state index contributed by atoms with van der Waals surface area (Å²) >= 11 is 0. The van der Waals surface area contributed by atoms with E-state index in [0.717, 1.165) is 16.8 Å². The standard InChI is InChI=1S/C21H22N4O2/c22-12-4-5-13-25-19-10-9-18(14-17(19)8-11-20(25)26)24-21(27)23-15-16-6-2-1-3-7-16/h1-3,6-7,9-10,14H,4-5,8,11,13,15H2,(H2,23,24,27). The Morgan fingerprint density at radius 1 is 1.15 bits per heavy atom. The van der Waals surface area contributed by atoms with Crippen molar-refractivity contribution in [2.45, 2.75) is 32.2 Å². The Labute approximate surface area is 158 Å². The number of nitriles is 1. The number of nitrogens with one attached hydrogen (secondary N) is 2. The van der Waals surface area contributed by atoms with Crippen LogP contribution in [0.4, 0.5) is 16.2 Å². The maximum atomic E-state index is 12.2. The van der Waals surface area contributed by atoms with E-state index in [1.54, 1.807) is 11.0 Å². The average molecular weight is 362 g/mol. The Morgan fingerprint density at radius 3 is 2.74 bits per heavy atom. The molecule has 0 saturated carbocycles. The van der Waals surface area contributed by atoms with E-state index < -0.39 is 0 Å². The van der Waals surface area contributed by atoms with Gasteiger partial charge in [0.05, 0.1) is 6.07 Å². The third kappa shape index (κ3) is 4.85. The third-order valence-corrected chi connectivity index (χ3v) is 4.50. The first-order valence-electron chi connectivity index (χ1n) is 9.06. The molecule has 0 saturated heterocycles. The van der Waals surface area contributed by atoms with Gasteiger partial charge < -0.3 is 15.5 Å². The summed E-state index contributed by atoms with van der Waals surface area (Å²) in [6.45, 7) is 1.00. The number of urea groups is 1. The van der Waals surface area contributed by atoms with Crippen molar-refractivity contribution in [2.75, 3.05) is 16.8 Å². The molecule has 27 heavy (non-hydrogen) atoms. The van der Waals surface area contributed by atoms with Gasteiger partial charge in [-0.1, -0.05) is 30.3 Å². The van der Waals surface area contributed by atoms with Gasteiger partial charge in [-0.2, -0.15) is 5.26 Å². The highest BCUT2D eigenvalue weighted by Crippen LogP contribution is 2.30. The molecule has 0 atom stereocenters. The van der Waals surface area contributed by atoms with Gasteiger partial charge in [-0.05, 0) is 42.2 Å². The van der Waals surface area contributed by atoms with Crippen LogP contribution < -0.4 is 15.5 Å². The van der Waals surface area contributed by atoms with Crippen LogP contribution in [0.1, 0.15) is 30.4 Å². The lowest BCUT2D eigenvalue weighted by molar-refractivity contribution is -0.118. The first kappa shape index (κ1) is 18.5. The average Bonchev–Trinajstić information content (AvgIpc) is 2.69. The quantitative estimate of drug-likeness (QED) is 0.770. The first-order valence-corrected chi connectivity index (χ1v) is 9.06. The van der Waals surface area contributed by atoms with E-state index in [1.165, 1.54) is 0 Å². The minimum atomic E-state index is -0.267. The molecule has 3 rings (SSSR count). The van der Waals surface area contributed by atoms with E-state index in [2.05, 4.69) is 16.7 Å². The molecule has 2 N–H and O–H groups in total. The van der Waals surface area contributed by atoms with Crippen LogP contribution in [0, 0.1) is 11.3 Å². The SMILES string of the molecule is N#CCCCN1C(=O)CCc2cc(NC(=O)NCc3ccccc3)ccc21. The zero-order chi connectivity index (χ0) is 19.1. The monoisotopic (exact) mass is 362 g/mol. The summed E-state index contributed by atoms with van der Waals surface area (Å²) in [5, 5.41) is 14.4. The van der Waals surface area contributed by atoms with E-state index in [4.69, 9.17) is 5.26 Å². The first-order chi connectivity index (χ1) is 13.2. The maximum Gasteiger partial charge on any atom is 0.319 e.